The van der Waals surface area contributed by atoms with E-state index in [1.165, 1.54) is 0 Å². The van der Waals surface area contributed by atoms with E-state index in [9.17, 15) is 4.79 Å². The molecule has 0 aliphatic rings. The third-order valence-corrected chi connectivity index (χ3v) is 3.01. The van der Waals surface area contributed by atoms with Crippen LogP contribution in [0.4, 0.5) is 0 Å². The van der Waals surface area contributed by atoms with E-state index in [1.54, 1.807) is 6.20 Å². The van der Waals surface area contributed by atoms with Crippen LogP contribution in [0.5, 0.6) is 5.88 Å². The summed E-state index contributed by atoms with van der Waals surface area (Å²) in [7, 11) is 0. The van der Waals surface area contributed by atoms with Gasteiger partial charge < -0.3 is 10.1 Å². The number of nitrogens with one attached hydrogen (secondary N) is 1. The van der Waals surface area contributed by atoms with Gasteiger partial charge in [0.2, 0.25) is 11.8 Å². The highest BCUT2D eigenvalue weighted by Gasteiger charge is 2.07. The van der Waals surface area contributed by atoms with Gasteiger partial charge in [-0.1, -0.05) is 33.3 Å². The Morgan fingerprint density at radius 3 is 2.95 bits per heavy atom. The van der Waals surface area contributed by atoms with Gasteiger partial charge in [-0.05, 0) is 24.8 Å². The molecule has 0 aliphatic carbocycles. The molecule has 1 aromatic heterocycles. The Morgan fingerprint density at radius 2 is 2.25 bits per heavy atom. The molecule has 0 aliphatic heterocycles. The maximum absolute atomic E-state index is 11.7. The molecule has 0 aromatic carbocycles. The highest BCUT2D eigenvalue weighted by Crippen LogP contribution is 2.14. The molecule has 1 N–H and O–H groups in total. The zero-order valence-electron chi connectivity index (χ0n) is 12.8. The van der Waals surface area contributed by atoms with Crippen LogP contribution in [0.25, 0.3) is 0 Å². The van der Waals surface area contributed by atoms with Crippen LogP contribution in [-0.2, 0) is 11.3 Å². The number of carbonyl (C=O) groups is 1. The summed E-state index contributed by atoms with van der Waals surface area (Å²) in [6, 6.07) is 3.80. The number of hydrogen-bond donors (Lipinski definition) is 1. The number of nitrogens with zero attached hydrogens (tertiary/aromatic N) is 1. The van der Waals surface area contributed by atoms with E-state index >= 15 is 0 Å². The van der Waals surface area contributed by atoms with Gasteiger partial charge in [-0.25, -0.2) is 4.98 Å². The molecule has 1 rings (SSSR count). The summed E-state index contributed by atoms with van der Waals surface area (Å²) in [6.45, 7) is 7.51. The standard InChI is InChI=1S/C16H26N2O2/c1-4-5-11-20-16-14(7-6-10-17-16)12-18-15(19)9-8-13(2)3/h6-7,10,13H,4-5,8-9,11-12H2,1-3H3,(H,18,19). The summed E-state index contributed by atoms with van der Waals surface area (Å²) in [5, 5.41) is 2.93. The average Bonchev–Trinajstić information content (AvgIpc) is 2.44. The molecular formula is C16H26N2O2. The van der Waals surface area contributed by atoms with Gasteiger partial charge in [-0.3, -0.25) is 4.79 Å². The van der Waals surface area contributed by atoms with Gasteiger partial charge in [0.1, 0.15) is 0 Å². The van der Waals surface area contributed by atoms with Crippen molar-refractivity contribution >= 4 is 5.91 Å². The number of ether oxygens (including phenoxy) is 1. The number of unbranched alkanes of at least 4 members (excludes halogenated alkanes) is 1. The largest absolute Gasteiger partial charge is 0.477 e. The van der Waals surface area contributed by atoms with Crippen LogP contribution in [0.15, 0.2) is 18.3 Å². The molecule has 0 bridgehead atoms. The number of amides is 1. The first-order valence-corrected chi connectivity index (χ1v) is 7.46. The van der Waals surface area contributed by atoms with E-state index in [0.717, 1.165) is 24.8 Å². The quantitative estimate of drug-likeness (QED) is 0.705. The van der Waals surface area contributed by atoms with Crippen molar-refractivity contribution in [2.75, 3.05) is 6.61 Å². The molecular weight excluding hydrogens is 252 g/mol. The van der Waals surface area contributed by atoms with Crippen LogP contribution in [0.2, 0.25) is 0 Å². The summed E-state index contributed by atoms with van der Waals surface area (Å²) < 4.78 is 5.65. The lowest BCUT2D eigenvalue weighted by Crippen LogP contribution is -2.23. The van der Waals surface area contributed by atoms with Crippen LogP contribution in [0.1, 0.15) is 52.0 Å². The molecule has 0 fully saturated rings. The predicted octanol–water partition coefficient (Wildman–Crippen LogP) is 3.31. The fourth-order valence-corrected chi connectivity index (χ4v) is 1.70. The Balaban J connectivity index is 2.44. The second-order valence-corrected chi connectivity index (χ2v) is 5.38. The van der Waals surface area contributed by atoms with Gasteiger partial charge in [0.05, 0.1) is 6.61 Å². The first-order valence-electron chi connectivity index (χ1n) is 7.46. The Hall–Kier alpha value is -1.58. The molecule has 0 unspecified atom stereocenters. The zero-order chi connectivity index (χ0) is 14.8. The second-order valence-electron chi connectivity index (χ2n) is 5.38. The van der Waals surface area contributed by atoms with E-state index in [0.29, 0.717) is 31.4 Å². The van der Waals surface area contributed by atoms with Gasteiger partial charge >= 0.3 is 0 Å². The Morgan fingerprint density at radius 1 is 1.45 bits per heavy atom. The minimum absolute atomic E-state index is 0.0852. The van der Waals surface area contributed by atoms with Crippen molar-refractivity contribution in [1.82, 2.24) is 10.3 Å². The molecule has 1 heterocycles. The maximum Gasteiger partial charge on any atom is 0.220 e. The Labute approximate surface area is 121 Å². The Kier molecular flexibility index (Phi) is 7.70. The average molecular weight is 278 g/mol. The lowest BCUT2D eigenvalue weighted by atomic mass is 10.1. The second kappa shape index (κ2) is 9.34. The van der Waals surface area contributed by atoms with Gasteiger partial charge in [-0.2, -0.15) is 0 Å². The third kappa shape index (κ3) is 6.55. The smallest absolute Gasteiger partial charge is 0.220 e. The van der Waals surface area contributed by atoms with Crippen LogP contribution in [0, 0.1) is 5.92 Å². The van der Waals surface area contributed by atoms with Crippen LogP contribution >= 0.6 is 0 Å². The Bertz CT molecular complexity index is 405. The summed E-state index contributed by atoms with van der Waals surface area (Å²) in [6.07, 6.45) is 5.30. The summed E-state index contributed by atoms with van der Waals surface area (Å²) in [5.41, 5.74) is 0.932. The van der Waals surface area contributed by atoms with E-state index in [1.807, 2.05) is 12.1 Å². The van der Waals surface area contributed by atoms with Gasteiger partial charge in [0.15, 0.2) is 0 Å². The van der Waals surface area contributed by atoms with Crippen molar-refractivity contribution in [1.29, 1.82) is 0 Å². The molecule has 4 heteroatoms. The molecule has 112 valence electrons. The van der Waals surface area contributed by atoms with Gasteiger partial charge in [-0.15, -0.1) is 0 Å². The number of hydrogen-bond acceptors (Lipinski definition) is 3. The highest BCUT2D eigenvalue weighted by molar-refractivity contribution is 5.75. The number of pyridine rings is 1. The number of carbonyl (C=O) groups excluding carboxylic acids is 1. The molecule has 0 saturated heterocycles. The molecule has 0 spiro atoms. The molecule has 0 atom stereocenters. The third-order valence-electron chi connectivity index (χ3n) is 3.01. The summed E-state index contributed by atoms with van der Waals surface area (Å²) in [5.74, 6) is 1.26. The first kappa shape index (κ1) is 16.5. The summed E-state index contributed by atoms with van der Waals surface area (Å²) in [4.78, 5) is 15.9. The highest BCUT2D eigenvalue weighted by atomic mass is 16.5. The molecule has 0 radical (unpaired) electrons. The number of aromatic nitrogens is 1. The fraction of sp³-hybridized carbons (Fsp3) is 0.625. The molecule has 20 heavy (non-hydrogen) atoms. The molecule has 1 aromatic rings. The normalized spacial score (nSPS) is 10.6. The molecule has 0 saturated carbocycles. The monoisotopic (exact) mass is 278 g/mol. The van der Waals surface area contributed by atoms with E-state index < -0.39 is 0 Å². The van der Waals surface area contributed by atoms with E-state index in [-0.39, 0.29) is 5.91 Å². The molecule has 1 amide bonds. The van der Waals surface area contributed by atoms with Crippen molar-refractivity contribution in [2.45, 2.75) is 53.0 Å². The van der Waals surface area contributed by atoms with Crippen molar-refractivity contribution in [2.24, 2.45) is 5.92 Å². The van der Waals surface area contributed by atoms with Crippen molar-refractivity contribution in [3.63, 3.8) is 0 Å². The first-order chi connectivity index (χ1) is 9.63. The van der Waals surface area contributed by atoms with Crippen molar-refractivity contribution in [3.8, 4) is 5.88 Å². The van der Waals surface area contributed by atoms with Crippen LogP contribution in [0.3, 0.4) is 0 Å². The molecule has 4 nitrogen and oxygen atoms in total. The predicted molar refractivity (Wildman–Crippen MR) is 80.6 cm³/mol. The maximum atomic E-state index is 11.7. The zero-order valence-corrected chi connectivity index (χ0v) is 12.8. The lowest BCUT2D eigenvalue weighted by Gasteiger charge is -2.11. The number of rotatable bonds is 9. The van der Waals surface area contributed by atoms with E-state index in [2.05, 4.69) is 31.1 Å². The summed E-state index contributed by atoms with van der Waals surface area (Å²) >= 11 is 0. The fourth-order valence-electron chi connectivity index (χ4n) is 1.70. The van der Waals surface area contributed by atoms with Gasteiger partial charge in [0.25, 0.3) is 0 Å². The minimum atomic E-state index is 0.0852. The van der Waals surface area contributed by atoms with Crippen LogP contribution < -0.4 is 10.1 Å². The topological polar surface area (TPSA) is 51.2 Å². The minimum Gasteiger partial charge on any atom is -0.477 e. The van der Waals surface area contributed by atoms with Crippen LogP contribution in [-0.4, -0.2) is 17.5 Å². The lowest BCUT2D eigenvalue weighted by molar-refractivity contribution is -0.121. The van der Waals surface area contributed by atoms with Crippen molar-refractivity contribution in [3.05, 3.63) is 23.9 Å². The van der Waals surface area contributed by atoms with E-state index in [4.69, 9.17) is 4.74 Å². The van der Waals surface area contributed by atoms with Crippen molar-refractivity contribution < 1.29 is 9.53 Å². The SMILES string of the molecule is CCCCOc1ncccc1CNC(=O)CCC(C)C. The van der Waals surface area contributed by atoms with Gasteiger partial charge in [0, 0.05) is 24.7 Å².